The summed E-state index contributed by atoms with van der Waals surface area (Å²) < 4.78 is 23.1. The van der Waals surface area contributed by atoms with Gasteiger partial charge in [-0.3, -0.25) is 9.59 Å². The highest BCUT2D eigenvalue weighted by Crippen LogP contribution is 2.19. The van der Waals surface area contributed by atoms with Crippen molar-refractivity contribution in [2.75, 3.05) is 47.5 Å². The number of quaternary nitrogens is 1. The fourth-order valence-electron chi connectivity index (χ4n) is 11.2. The first-order valence-corrected chi connectivity index (χ1v) is 39.1. The summed E-state index contributed by atoms with van der Waals surface area (Å²) in [5, 5.41) is 9.77. The van der Waals surface area contributed by atoms with Crippen molar-refractivity contribution in [3.63, 3.8) is 0 Å². The van der Waals surface area contributed by atoms with Crippen LogP contribution in [0.1, 0.15) is 348 Å². The van der Waals surface area contributed by atoms with Crippen LogP contribution in [0.25, 0.3) is 0 Å². The Balaban J connectivity index is 4.01. The second-order valence-corrected chi connectivity index (χ2v) is 27.3. The maximum absolute atomic E-state index is 13.0. The van der Waals surface area contributed by atoms with Crippen LogP contribution < -0.4 is 0 Å². The molecule has 0 amide bonds. The molecule has 0 aliphatic heterocycles. The predicted octanol–water partition coefficient (Wildman–Crippen LogP) is 24.9. The lowest BCUT2D eigenvalue weighted by atomic mass is 10.0. The number of carbonyl (C=O) groups excluding carboxylic acids is 2. The first-order chi connectivity index (χ1) is 45.6. The Morgan fingerprint density at radius 3 is 0.860 bits per heavy atom. The highest BCUT2D eigenvalue weighted by molar-refractivity contribution is 5.71. The lowest BCUT2D eigenvalue weighted by Crippen LogP contribution is -2.40. The van der Waals surface area contributed by atoms with E-state index in [1.54, 1.807) is 0 Å². The second kappa shape index (κ2) is 73.8. The molecule has 0 radical (unpaired) electrons. The van der Waals surface area contributed by atoms with Crippen LogP contribution in [0.15, 0.2) is 109 Å². The van der Waals surface area contributed by atoms with Crippen LogP contribution >= 0.6 is 0 Å². The third-order valence-corrected chi connectivity index (χ3v) is 17.0. The molecule has 0 fully saturated rings. The summed E-state index contributed by atoms with van der Waals surface area (Å²) in [4.78, 5) is 37.7. The van der Waals surface area contributed by atoms with Crippen LogP contribution in [-0.2, 0) is 33.3 Å². The van der Waals surface area contributed by atoms with Crippen molar-refractivity contribution in [2.45, 2.75) is 360 Å². The molecule has 2 atom stereocenters. The van der Waals surface area contributed by atoms with Crippen LogP contribution in [0, 0.1) is 0 Å². The minimum absolute atomic E-state index is 0.181. The van der Waals surface area contributed by atoms with Crippen molar-refractivity contribution >= 4 is 17.9 Å². The van der Waals surface area contributed by atoms with E-state index in [-0.39, 0.29) is 38.2 Å². The molecule has 0 aromatic heterocycles. The number of rotatable bonds is 72. The first kappa shape index (κ1) is 89.0. The van der Waals surface area contributed by atoms with Gasteiger partial charge in [0.25, 0.3) is 6.29 Å². The molecule has 0 rings (SSSR count). The molecule has 0 spiro atoms. The molecular weight excluding hydrogens is 1150 g/mol. The van der Waals surface area contributed by atoms with Crippen molar-refractivity contribution < 1.29 is 42.9 Å². The Bertz CT molecular complexity index is 1900. The zero-order valence-corrected chi connectivity index (χ0v) is 61.4. The Hall–Kier alpha value is -4.05. The van der Waals surface area contributed by atoms with Crippen LogP contribution in [0.2, 0.25) is 0 Å². The summed E-state index contributed by atoms with van der Waals surface area (Å²) in [7, 11) is 5.99. The number of hydrogen-bond donors (Lipinski definition) is 1. The van der Waals surface area contributed by atoms with E-state index in [1.807, 2.05) is 21.1 Å². The van der Waals surface area contributed by atoms with Crippen LogP contribution in [0.5, 0.6) is 0 Å². The van der Waals surface area contributed by atoms with E-state index in [4.69, 9.17) is 18.9 Å². The molecule has 0 aliphatic rings. The van der Waals surface area contributed by atoms with Gasteiger partial charge in [0.05, 0.1) is 34.4 Å². The van der Waals surface area contributed by atoms with Crippen LogP contribution in [0.4, 0.5) is 0 Å². The smallest absolute Gasteiger partial charge is 0.361 e. The van der Waals surface area contributed by atoms with Crippen molar-refractivity contribution in [3.05, 3.63) is 109 Å². The van der Waals surface area contributed by atoms with Gasteiger partial charge in [-0.15, -0.1) is 0 Å². The molecule has 9 heteroatoms. The molecule has 93 heavy (non-hydrogen) atoms. The van der Waals surface area contributed by atoms with E-state index in [2.05, 4.69) is 123 Å². The lowest BCUT2D eigenvalue weighted by molar-refractivity contribution is -0.870. The van der Waals surface area contributed by atoms with E-state index in [1.165, 1.54) is 225 Å². The second-order valence-electron chi connectivity index (χ2n) is 27.3. The minimum atomic E-state index is -1.51. The Kier molecular flexibility index (Phi) is 70.5. The Labute approximate surface area is 575 Å². The molecule has 0 aliphatic carbocycles. The van der Waals surface area contributed by atoms with E-state index in [0.29, 0.717) is 17.4 Å². The monoisotopic (exact) mass is 1300 g/mol. The molecule has 9 nitrogen and oxygen atoms in total. The third-order valence-electron chi connectivity index (χ3n) is 17.0. The fourth-order valence-corrected chi connectivity index (χ4v) is 11.2. The van der Waals surface area contributed by atoms with Gasteiger partial charge in [0.1, 0.15) is 13.2 Å². The number of unbranched alkanes of at least 4 members (excludes halogenated alkanes) is 39. The zero-order valence-electron chi connectivity index (χ0n) is 61.4. The van der Waals surface area contributed by atoms with Gasteiger partial charge in [0.15, 0.2) is 6.10 Å². The number of carbonyl (C=O) groups is 3. The number of allylic oxidation sites excluding steroid dienone is 18. The number of esters is 2. The van der Waals surface area contributed by atoms with Gasteiger partial charge in [-0.2, -0.15) is 0 Å². The highest BCUT2D eigenvalue weighted by atomic mass is 16.7. The third kappa shape index (κ3) is 75.2. The van der Waals surface area contributed by atoms with E-state index >= 15 is 0 Å². The summed E-state index contributed by atoms with van der Waals surface area (Å²) >= 11 is 0. The van der Waals surface area contributed by atoms with Crippen LogP contribution in [0.3, 0.4) is 0 Å². The summed E-state index contributed by atoms with van der Waals surface area (Å²) in [5.41, 5.74) is 0. The standard InChI is InChI=1S/C84H147NO8/c1-6-8-10-12-14-16-18-20-22-24-26-28-30-32-34-36-38-40-41-43-45-47-49-51-53-55-57-59-61-63-65-67-69-71-73-75-82(87)93-80(79-92-84(83(88)89)90-77-76-85(3,4)5)78-91-81(86)74-72-70-68-66-64-62-60-58-56-54-52-50-48-46-44-42-39-37-35-33-31-29-27-25-23-21-19-17-15-13-11-9-7-2/h8-11,14-17,20-23,26-29,32,34,80,84H,6-7,12-13,18-19,24-25,30-31,33,35-79H2,1-5H3/p+1/b10-8-,11-9-,16-14-,17-15-,22-20-,23-21-,28-26-,29-27-,34-32-. The van der Waals surface area contributed by atoms with Crippen molar-refractivity contribution in [3.8, 4) is 0 Å². The Morgan fingerprint density at radius 1 is 0.323 bits per heavy atom. The quantitative estimate of drug-likeness (QED) is 0.0211. The summed E-state index contributed by atoms with van der Waals surface area (Å²) in [6, 6.07) is 0. The number of nitrogens with zero attached hydrogens (tertiary/aromatic N) is 1. The average Bonchev–Trinajstić information content (AvgIpc) is 3.74. The summed E-state index contributed by atoms with van der Waals surface area (Å²) in [6.07, 6.45) is 101. The number of carboxylic acids is 1. The molecule has 0 aromatic rings. The van der Waals surface area contributed by atoms with Gasteiger partial charge < -0.3 is 28.5 Å². The van der Waals surface area contributed by atoms with E-state index < -0.39 is 18.4 Å². The number of hydrogen-bond acceptors (Lipinski definition) is 7. The molecule has 536 valence electrons. The molecule has 0 heterocycles. The molecule has 0 bridgehead atoms. The summed E-state index contributed by atoms with van der Waals surface area (Å²) in [6.45, 7) is 4.70. The first-order valence-electron chi connectivity index (χ1n) is 39.1. The van der Waals surface area contributed by atoms with Gasteiger partial charge in [-0.1, -0.05) is 348 Å². The molecular formula is C84H148NO8+. The normalized spacial score (nSPS) is 13.3. The minimum Gasteiger partial charge on any atom is -0.477 e. The maximum atomic E-state index is 13.0. The van der Waals surface area contributed by atoms with E-state index in [0.717, 1.165) is 96.3 Å². The summed E-state index contributed by atoms with van der Waals surface area (Å²) in [5.74, 6) is -1.99. The fraction of sp³-hybridized carbons (Fsp3) is 0.750. The van der Waals surface area contributed by atoms with Gasteiger partial charge in [-0.25, -0.2) is 4.79 Å². The van der Waals surface area contributed by atoms with Crippen molar-refractivity contribution in [1.82, 2.24) is 0 Å². The average molecular weight is 1300 g/mol. The van der Waals surface area contributed by atoms with Crippen molar-refractivity contribution in [1.29, 1.82) is 0 Å². The molecule has 0 saturated heterocycles. The molecule has 1 N–H and O–H groups in total. The van der Waals surface area contributed by atoms with Gasteiger partial charge in [0, 0.05) is 12.8 Å². The van der Waals surface area contributed by atoms with Gasteiger partial charge in [-0.05, 0) is 96.3 Å². The molecule has 0 saturated carbocycles. The van der Waals surface area contributed by atoms with Crippen molar-refractivity contribution in [2.24, 2.45) is 0 Å². The number of aliphatic carboxylic acids is 1. The van der Waals surface area contributed by atoms with Crippen LogP contribution in [-0.4, -0.2) is 87.4 Å². The number of carboxylic acid groups (broad SMARTS) is 1. The molecule has 2 unspecified atom stereocenters. The van der Waals surface area contributed by atoms with E-state index in [9.17, 15) is 19.5 Å². The number of ether oxygens (including phenoxy) is 4. The maximum Gasteiger partial charge on any atom is 0.361 e. The largest absolute Gasteiger partial charge is 0.477 e. The SMILES string of the molecule is CC/C=C\C/C=C\C/C=C\C/C=C\C/C=C\CCCCCCCCCCCCCCCCCCCCCC(=O)OC(COC(=O)CCCCCCCCCCCCCCCCCCCCCC/C=C\C/C=C\C/C=C\C/C=C\CC)COC(OCC[N+](C)(C)C)C(=O)O. The zero-order chi connectivity index (χ0) is 67.5. The van der Waals surface area contributed by atoms with Gasteiger partial charge in [0.2, 0.25) is 0 Å². The molecule has 0 aromatic carbocycles. The highest BCUT2D eigenvalue weighted by Gasteiger charge is 2.25. The predicted molar refractivity (Wildman–Crippen MR) is 401 cm³/mol. The topological polar surface area (TPSA) is 108 Å². The lowest BCUT2D eigenvalue weighted by Gasteiger charge is -2.25. The van der Waals surface area contributed by atoms with Gasteiger partial charge >= 0.3 is 17.9 Å². The Morgan fingerprint density at radius 2 is 0.581 bits per heavy atom. The number of likely N-dealkylation sites (N-methyl/N-ethyl adjacent to an activating group) is 1.